The minimum absolute atomic E-state index is 0.0862. The van der Waals surface area contributed by atoms with E-state index in [1.807, 2.05) is 28.9 Å². The largest absolute Gasteiger partial charge is 0.496 e. The number of nitrogen functional groups attached to an aromatic ring is 1. The smallest absolute Gasteiger partial charge is 0.255 e. The van der Waals surface area contributed by atoms with E-state index in [0.29, 0.717) is 35.6 Å². The van der Waals surface area contributed by atoms with Gasteiger partial charge in [-0.25, -0.2) is 19.0 Å². The monoisotopic (exact) mass is 529 g/mol. The third-order valence-electron chi connectivity index (χ3n) is 6.81. The number of anilines is 1. The second-order valence-corrected chi connectivity index (χ2v) is 9.26. The van der Waals surface area contributed by atoms with Crippen molar-refractivity contribution >= 4 is 28.7 Å². The van der Waals surface area contributed by atoms with Crippen molar-refractivity contribution in [3.8, 4) is 17.0 Å². The number of piperidine rings is 1. The summed E-state index contributed by atoms with van der Waals surface area (Å²) in [5, 5.41) is 8.34. The molecule has 1 atom stereocenters. The number of benzene rings is 2. The Kier molecular flexibility index (Phi) is 7.22. The molecule has 1 aliphatic heterocycles. The van der Waals surface area contributed by atoms with Crippen LogP contribution in [-0.4, -0.2) is 56.7 Å². The number of nitrogens with two attached hydrogens (primary N) is 1. The van der Waals surface area contributed by atoms with Crippen LogP contribution in [0.3, 0.4) is 0 Å². The van der Waals surface area contributed by atoms with E-state index in [4.69, 9.17) is 15.6 Å². The fourth-order valence-electron chi connectivity index (χ4n) is 4.90. The number of amides is 2. The van der Waals surface area contributed by atoms with Gasteiger partial charge in [-0.1, -0.05) is 24.8 Å². The van der Waals surface area contributed by atoms with Gasteiger partial charge in [0.25, 0.3) is 5.91 Å². The molecule has 1 fully saturated rings. The number of carbonyl (C=O) groups excluding carboxylic acids is 2. The SMILES string of the molecule is C=CC(=O)N1CCC[C@@H](n2nc(-c3cccc(CNC(=O)c4cc(F)ccc4OC)c3)c3c(N)ncnc32)C1. The number of nitrogens with zero attached hydrogens (tertiary/aromatic N) is 5. The molecule has 2 aromatic heterocycles. The molecule has 0 unspecified atom stereocenters. The molecule has 0 radical (unpaired) electrons. The first-order valence-corrected chi connectivity index (χ1v) is 12.5. The van der Waals surface area contributed by atoms with Gasteiger partial charge in [0.15, 0.2) is 5.65 Å². The Balaban J connectivity index is 1.44. The van der Waals surface area contributed by atoms with Gasteiger partial charge in [-0.05, 0) is 48.7 Å². The van der Waals surface area contributed by atoms with Gasteiger partial charge >= 0.3 is 0 Å². The molecular formula is C28H28FN7O3. The summed E-state index contributed by atoms with van der Waals surface area (Å²) in [5.41, 5.74) is 9.17. The number of likely N-dealkylation sites (tertiary alicyclic amines) is 1. The molecule has 1 saturated heterocycles. The number of ether oxygens (including phenoxy) is 1. The number of methoxy groups -OCH3 is 1. The van der Waals surface area contributed by atoms with Gasteiger partial charge in [0.2, 0.25) is 5.91 Å². The molecule has 200 valence electrons. The molecule has 10 nitrogen and oxygen atoms in total. The summed E-state index contributed by atoms with van der Waals surface area (Å²) in [5.74, 6) is -0.518. The van der Waals surface area contributed by atoms with Crippen molar-refractivity contribution in [1.29, 1.82) is 0 Å². The fourth-order valence-corrected chi connectivity index (χ4v) is 4.90. The van der Waals surface area contributed by atoms with Crippen LogP contribution in [0.25, 0.3) is 22.3 Å². The number of halogens is 1. The van der Waals surface area contributed by atoms with E-state index in [2.05, 4.69) is 21.9 Å². The Labute approximate surface area is 224 Å². The zero-order chi connectivity index (χ0) is 27.5. The third kappa shape index (κ3) is 5.15. The second-order valence-electron chi connectivity index (χ2n) is 9.26. The van der Waals surface area contributed by atoms with E-state index < -0.39 is 11.7 Å². The highest BCUT2D eigenvalue weighted by molar-refractivity contribution is 5.99. The summed E-state index contributed by atoms with van der Waals surface area (Å²) in [4.78, 5) is 35.4. The number of fused-ring (bicyclic) bond motifs is 1. The van der Waals surface area contributed by atoms with Crippen molar-refractivity contribution in [3.05, 3.63) is 78.4 Å². The Morgan fingerprint density at radius 2 is 2.10 bits per heavy atom. The van der Waals surface area contributed by atoms with E-state index >= 15 is 0 Å². The van der Waals surface area contributed by atoms with Crippen molar-refractivity contribution in [2.24, 2.45) is 0 Å². The average molecular weight is 530 g/mol. The molecule has 3 heterocycles. The van der Waals surface area contributed by atoms with Crippen LogP contribution in [0.15, 0.2) is 61.4 Å². The van der Waals surface area contributed by atoms with Crippen LogP contribution in [-0.2, 0) is 11.3 Å². The highest BCUT2D eigenvalue weighted by Gasteiger charge is 2.28. The summed E-state index contributed by atoms with van der Waals surface area (Å²) in [6.07, 6.45) is 4.38. The summed E-state index contributed by atoms with van der Waals surface area (Å²) < 4.78 is 20.8. The zero-order valence-corrected chi connectivity index (χ0v) is 21.4. The van der Waals surface area contributed by atoms with Crippen LogP contribution in [0, 0.1) is 5.82 Å². The van der Waals surface area contributed by atoms with Gasteiger partial charge in [-0.15, -0.1) is 0 Å². The lowest BCUT2D eigenvalue weighted by molar-refractivity contribution is -0.127. The fraction of sp³-hybridized carbons (Fsp3) is 0.250. The molecule has 0 aliphatic carbocycles. The number of hydrogen-bond donors (Lipinski definition) is 2. The highest BCUT2D eigenvalue weighted by atomic mass is 19.1. The van der Waals surface area contributed by atoms with Gasteiger partial charge in [-0.2, -0.15) is 5.10 Å². The molecule has 3 N–H and O–H groups in total. The molecule has 2 aromatic carbocycles. The molecule has 11 heteroatoms. The minimum atomic E-state index is -0.528. The second kappa shape index (κ2) is 10.9. The van der Waals surface area contributed by atoms with Gasteiger partial charge < -0.3 is 20.7 Å². The predicted molar refractivity (Wildman–Crippen MR) is 144 cm³/mol. The molecular weight excluding hydrogens is 501 g/mol. The van der Waals surface area contributed by atoms with E-state index in [1.54, 1.807) is 4.90 Å². The first-order valence-electron chi connectivity index (χ1n) is 12.5. The number of nitrogens with one attached hydrogen (secondary N) is 1. The Morgan fingerprint density at radius 1 is 1.26 bits per heavy atom. The van der Waals surface area contributed by atoms with Crippen molar-refractivity contribution in [3.63, 3.8) is 0 Å². The highest BCUT2D eigenvalue weighted by Crippen LogP contribution is 2.34. The summed E-state index contributed by atoms with van der Waals surface area (Å²) in [7, 11) is 1.43. The summed E-state index contributed by atoms with van der Waals surface area (Å²) >= 11 is 0. The van der Waals surface area contributed by atoms with Crippen molar-refractivity contribution < 1.29 is 18.7 Å². The number of aromatic nitrogens is 4. The maximum atomic E-state index is 13.7. The molecule has 5 rings (SSSR count). The number of hydrogen-bond acceptors (Lipinski definition) is 7. The third-order valence-corrected chi connectivity index (χ3v) is 6.81. The normalized spacial score (nSPS) is 15.2. The van der Waals surface area contributed by atoms with Crippen LogP contribution in [0.5, 0.6) is 5.75 Å². The summed E-state index contributed by atoms with van der Waals surface area (Å²) in [6.45, 7) is 4.95. The Hall–Kier alpha value is -4.80. The predicted octanol–water partition coefficient (Wildman–Crippen LogP) is 3.50. The molecule has 1 aliphatic rings. The van der Waals surface area contributed by atoms with E-state index in [0.717, 1.165) is 30.0 Å². The Morgan fingerprint density at radius 3 is 2.90 bits per heavy atom. The average Bonchev–Trinajstić information content (AvgIpc) is 3.37. The number of carbonyl (C=O) groups is 2. The first-order chi connectivity index (χ1) is 18.9. The molecule has 4 aromatic rings. The van der Waals surface area contributed by atoms with Crippen LogP contribution in [0.2, 0.25) is 0 Å². The molecule has 2 amide bonds. The molecule has 0 spiro atoms. The van der Waals surface area contributed by atoms with Crippen molar-refractivity contribution in [2.45, 2.75) is 25.4 Å². The van der Waals surface area contributed by atoms with Crippen LogP contribution < -0.4 is 15.8 Å². The van der Waals surface area contributed by atoms with E-state index in [9.17, 15) is 14.0 Å². The van der Waals surface area contributed by atoms with Gasteiger partial charge in [0, 0.05) is 25.2 Å². The topological polar surface area (TPSA) is 128 Å². The van der Waals surface area contributed by atoms with Crippen molar-refractivity contribution in [2.75, 3.05) is 25.9 Å². The minimum Gasteiger partial charge on any atom is -0.496 e. The van der Waals surface area contributed by atoms with Crippen LogP contribution in [0.4, 0.5) is 10.2 Å². The maximum absolute atomic E-state index is 13.7. The van der Waals surface area contributed by atoms with Crippen LogP contribution >= 0.6 is 0 Å². The van der Waals surface area contributed by atoms with E-state index in [1.165, 1.54) is 31.6 Å². The number of rotatable bonds is 7. The lowest BCUT2D eigenvalue weighted by atomic mass is 10.1. The molecule has 0 bridgehead atoms. The zero-order valence-electron chi connectivity index (χ0n) is 21.4. The van der Waals surface area contributed by atoms with Gasteiger partial charge in [-0.3, -0.25) is 9.59 Å². The maximum Gasteiger partial charge on any atom is 0.255 e. The standard InChI is InChI=1S/C28H28FN7O3/c1-3-23(37)35-11-5-8-20(15-35)36-27-24(26(30)32-16-33-27)25(34-36)18-7-4-6-17(12-18)14-31-28(38)21-13-19(29)9-10-22(21)39-2/h3-4,6-7,9-10,12-13,16,20H,1,5,8,11,14-15H2,2H3,(H,31,38)(H2,30,32,33)/t20-/m1/s1. The quantitative estimate of drug-likeness (QED) is 0.351. The van der Waals surface area contributed by atoms with Crippen molar-refractivity contribution in [1.82, 2.24) is 30.0 Å². The van der Waals surface area contributed by atoms with Crippen LogP contribution in [0.1, 0.15) is 34.8 Å². The molecule has 0 saturated carbocycles. The molecule has 39 heavy (non-hydrogen) atoms. The Bertz CT molecular complexity index is 1570. The van der Waals surface area contributed by atoms with E-state index in [-0.39, 0.29) is 29.8 Å². The lowest BCUT2D eigenvalue weighted by Crippen LogP contribution is -2.40. The first kappa shape index (κ1) is 25.8. The van der Waals surface area contributed by atoms with Gasteiger partial charge in [0.1, 0.15) is 29.4 Å². The van der Waals surface area contributed by atoms with Gasteiger partial charge in [0.05, 0.1) is 24.1 Å². The lowest BCUT2D eigenvalue weighted by Gasteiger charge is -2.32. The summed E-state index contributed by atoms with van der Waals surface area (Å²) in [6, 6.07) is 11.2.